The average Bonchev–Trinajstić information content (AvgIpc) is 2.39. The summed E-state index contributed by atoms with van der Waals surface area (Å²) < 4.78 is 30.9. The molecule has 0 atom stereocenters. The summed E-state index contributed by atoms with van der Waals surface area (Å²) in [6.45, 7) is 2.13. The Labute approximate surface area is 114 Å². The lowest BCUT2D eigenvalue weighted by atomic mass is 10.4. The van der Waals surface area contributed by atoms with Gasteiger partial charge in [0.2, 0.25) is 0 Å². The van der Waals surface area contributed by atoms with Crippen molar-refractivity contribution < 1.29 is 17.9 Å². The van der Waals surface area contributed by atoms with Gasteiger partial charge in [0.15, 0.2) is 5.03 Å². The molecule has 1 N–H and O–H groups in total. The smallest absolute Gasteiger partial charge is 0.283 e. The summed E-state index contributed by atoms with van der Waals surface area (Å²) in [4.78, 5) is 19.5. The van der Waals surface area contributed by atoms with Crippen molar-refractivity contribution >= 4 is 27.7 Å². The number of amides is 1. The van der Waals surface area contributed by atoms with Crippen molar-refractivity contribution in [1.82, 2.24) is 14.7 Å². The molecule has 2 heterocycles. The Bertz CT molecular complexity index is 613. The number of sulfonamides is 1. The molecule has 0 saturated heterocycles. The molecule has 19 heavy (non-hydrogen) atoms. The van der Waals surface area contributed by atoms with Gasteiger partial charge in [-0.05, 0) is 6.92 Å². The van der Waals surface area contributed by atoms with Crippen LogP contribution in [0.3, 0.4) is 0 Å². The number of allylic oxidation sites excluding steroid dienone is 1. The van der Waals surface area contributed by atoms with Crippen LogP contribution in [0.5, 0.6) is 0 Å². The molecular formula is C10H11N3O4S2. The molecule has 1 aromatic heterocycles. The zero-order valence-electron chi connectivity index (χ0n) is 9.99. The Balaban J connectivity index is 2.20. The number of carbonyl (C=O) groups excluding carboxylic acids is 1. The van der Waals surface area contributed by atoms with E-state index in [4.69, 9.17) is 4.74 Å². The highest BCUT2D eigenvalue weighted by Crippen LogP contribution is 2.25. The first-order valence-corrected chi connectivity index (χ1v) is 7.77. The highest BCUT2D eigenvalue weighted by atomic mass is 32.2. The van der Waals surface area contributed by atoms with Crippen LogP contribution in [0.2, 0.25) is 0 Å². The van der Waals surface area contributed by atoms with Crippen LogP contribution in [0.15, 0.2) is 34.3 Å². The predicted octanol–water partition coefficient (Wildman–Crippen LogP) is 0.276. The van der Waals surface area contributed by atoms with E-state index in [1.165, 1.54) is 24.2 Å². The van der Waals surface area contributed by atoms with Gasteiger partial charge in [-0.2, -0.15) is 8.42 Å². The molecule has 1 aliphatic rings. The predicted molar refractivity (Wildman–Crippen MR) is 68.5 cm³/mol. The number of carbonyl (C=O) groups is 1. The fraction of sp³-hybridized carbons (Fsp3) is 0.300. The van der Waals surface area contributed by atoms with Crippen molar-refractivity contribution in [3.63, 3.8) is 0 Å². The molecule has 0 radical (unpaired) electrons. The van der Waals surface area contributed by atoms with Crippen molar-refractivity contribution in [2.45, 2.75) is 11.9 Å². The van der Waals surface area contributed by atoms with Gasteiger partial charge in [-0.15, -0.1) is 11.8 Å². The van der Waals surface area contributed by atoms with Crippen LogP contribution in [0.1, 0.15) is 6.92 Å². The highest BCUT2D eigenvalue weighted by Gasteiger charge is 2.25. The molecule has 0 bridgehead atoms. The minimum atomic E-state index is -4.01. The van der Waals surface area contributed by atoms with Gasteiger partial charge in [0.1, 0.15) is 10.7 Å². The topological polar surface area (TPSA) is 98.2 Å². The van der Waals surface area contributed by atoms with E-state index in [0.29, 0.717) is 18.1 Å². The second-order valence-electron chi connectivity index (χ2n) is 3.56. The number of rotatable bonds is 3. The Morgan fingerprint density at radius 1 is 1.47 bits per heavy atom. The molecule has 0 aliphatic carbocycles. The van der Waals surface area contributed by atoms with Gasteiger partial charge in [0, 0.05) is 18.1 Å². The van der Waals surface area contributed by atoms with Crippen LogP contribution in [0.4, 0.5) is 0 Å². The SMILES string of the molecule is CC1=C(C(=O)NS(=O)(=O)c2cnccn2)SCCO1. The van der Waals surface area contributed by atoms with Gasteiger partial charge in [-0.1, -0.05) is 0 Å². The van der Waals surface area contributed by atoms with E-state index < -0.39 is 15.9 Å². The fourth-order valence-electron chi connectivity index (χ4n) is 1.38. The summed E-state index contributed by atoms with van der Waals surface area (Å²) in [7, 11) is -4.01. The van der Waals surface area contributed by atoms with Gasteiger partial charge >= 0.3 is 0 Å². The molecule has 0 spiro atoms. The molecule has 102 valence electrons. The molecule has 1 aromatic rings. The first kappa shape index (κ1) is 13.8. The van der Waals surface area contributed by atoms with Gasteiger partial charge in [-0.25, -0.2) is 9.71 Å². The maximum Gasteiger partial charge on any atom is 0.283 e. The van der Waals surface area contributed by atoms with Crippen LogP contribution in [-0.2, 0) is 19.6 Å². The Morgan fingerprint density at radius 3 is 2.89 bits per heavy atom. The van der Waals surface area contributed by atoms with E-state index in [1.807, 2.05) is 4.72 Å². The number of thioether (sulfide) groups is 1. The third-order valence-electron chi connectivity index (χ3n) is 2.22. The second kappa shape index (κ2) is 5.57. The van der Waals surface area contributed by atoms with E-state index >= 15 is 0 Å². The van der Waals surface area contributed by atoms with E-state index in [1.54, 1.807) is 6.92 Å². The maximum atomic E-state index is 11.9. The number of hydrogen-bond acceptors (Lipinski definition) is 7. The average molecular weight is 301 g/mol. The number of nitrogens with zero attached hydrogens (tertiary/aromatic N) is 2. The lowest BCUT2D eigenvalue weighted by molar-refractivity contribution is -0.115. The first-order valence-electron chi connectivity index (χ1n) is 5.30. The summed E-state index contributed by atoms with van der Waals surface area (Å²) in [5.41, 5.74) is 0. The molecule has 1 amide bonds. The first-order chi connectivity index (χ1) is 9.00. The lowest BCUT2D eigenvalue weighted by Crippen LogP contribution is -2.33. The molecule has 0 unspecified atom stereocenters. The van der Waals surface area contributed by atoms with Gasteiger partial charge in [0.25, 0.3) is 15.9 Å². The quantitative estimate of drug-likeness (QED) is 0.856. The number of aromatic nitrogens is 2. The summed E-state index contributed by atoms with van der Waals surface area (Å²) in [6, 6.07) is 0. The summed E-state index contributed by atoms with van der Waals surface area (Å²) in [5.74, 6) is 0.307. The molecule has 7 nitrogen and oxygen atoms in total. The van der Waals surface area contributed by atoms with Gasteiger partial charge < -0.3 is 4.74 Å². The highest BCUT2D eigenvalue weighted by molar-refractivity contribution is 8.04. The summed E-state index contributed by atoms with van der Waals surface area (Å²) in [6.07, 6.45) is 3.65. The van der Waals surface area contributed by atoms with Crippen molar-refractivity contribution in [2.75, 3.05) is 12.4 Å². The second-order valence-corrected chi connectivity index (χ2v) is 6.29. The Kier molecular flexibility index (Phi) is 4.05. The van der Waals surface area contributed by atoms with Gasteiger partial charge in [0.05, 0.1) is 12.8 Å². The Hall–Kier alpha value is -1.61. The molecule has 0 fully saturated rings. The van der Waals surface area contributed by atoms with Crippen LogP contribution in [-0.4, -0.2) is 36.7 Å². The monoisotopic (exact) mass is 301 g/mol. The number of ether oxygens (including phenoxy) is 1. The molecule has 1 aliphatic heterocycles. The van der Waals surface area contributed by atoms with Crippen molar-refractivity contribution in [2.24, 2.45) is 0 Å². The van der Waals surface area contributed by atoms with E-state index in [-0.39, 0.29) is 9.93 Å². The van der Waals surface area contributed by atoms with Crippen LogP contribution < -0.4 is 4.72 Å². The van der Waals surface area contributed by atoms with Gasteiger partial charge in [-0.3, -0.25) is 9.78 Å². The van der Waals surface area contributed by atoms with Crippen molar-refractivity contribution in [1.29, 1.82) is 0 Å². The molecule has 0 saturated carbocycles. The van der Waals surface area contributed by atoms with Crippen LogP contribution >= 0.6 is 11.8 Å². The minimum Gasteiger partial charge on any atom is -0.496 e. The largest absolute Gasteiger partial charge is 0.496 e. The van der Waals surface area contributed by atoms with Crippen LogP contribution in [0.25, 0.3) is 0 Å². The lowest BCUT2D eigenvalue weighted by Gasteiger charge is -2.17. The zero-order valence-corrected chi connectivity index (χ0v) is 11.6. The normalized spacial score (nSPS) is 15.8. The van der Waals surface area contributed by atoms with E-state index in [2.05, 4.69) is 9.97 Å². The summed E-state index contributed by atoms with van der Waals surface area (Å²) in [5, 5.41) is -0.302. The standard InChI is InChI=1S/C10H11N3O4S2/c1-7-9(18-5-4-17-7)10(14)13-19(15,16)8-6-11-2-3-12-8/h2-3,6H,4-5H2,1H3,(H,13,14). The third kappa shape index (κ3) is 3.24. The maximum absolute atomic E-state index is 11.9. The minimum absolute atomic E-state index is 0.263. The summed E-state index contributed by atoms with van der Waals surface area (Å²) >= 11 is 1.26. The molecule has 2 rings (SSSR count). The fourth-order valence-corrected chi connectivity index (χ4v) is 3.11. The van der Waals surface area contributed by atoms with Crippen LogP contribution in [0, 0.1) is 0 Å². The molecule has 9 heteroatoms. The third-order valence-corrected chi connectivity index (χ3v) is 4.56. The van der Waals surface area contributed by atoms with Crippen molar-refractivity contribution in [3.05, 3.63) is 29.3 Å². The number of hydrogen-bond donors (Lipinski definition) is 1. The molecule has 0 aromatic carbocycles. The van der Waals surface area contributed by atoms with E-state index in [0.717, 1.165) is 6.20 Å². The zero-order chi connectivity index (χ0) is 13.9. The van der Waals surface area contributed by atoms with Crippen molar-refractivity contribution in [3.8, 4) is 0 Å². The molecular weight excluding hydrogens is 290 g/mol. The van der Waals surface area contributed by atoms with E-state index in [9.17, 15) is 13.2 Å². The Morgan fingerprint density at radius 2 is 2.26 bits per heavy atom. The number of nitrogens with one attached hydrogen (secondary N) is 1.